The van der Waals surface area contributed by atoms with Gasteiger partial charge in [0.05, 0.1) is 6.07 Å². The molecule has 1 radical (unpaired) electrons. The molecule has 0 unspecified atom stereocenters. The summed E-state index contributed by atoms with van der Waals surface area (Å²) in [6.45, 7) is 2.60. The molecule has 0 bridgehead atoms. The van der Waals surface area contributed by atoms with E-state index in [0.29, 0.717) is 13.0 Å². The van der Waals surface area contributed by atoms with E-state index < -0.39 is 9.28 Å². The molecule has 3 nitrogen and oxygen atoms in total. The summed E-state index contributed by atoms with van der Waals surface area (Å²) in [5.41, 5.74) is 0. The summed E-state index contributed by atoms with van der Waals surface area (Å²) in [6, 6.07) is 2.81. The van der Waals surface area contributed by atoms with Gasteiger partial charge in [0.1, 0.15) is 0 Å². The summed E-state index contributed by atoms with van der Waals surface area (Å²) in [4.78, 5) is 0. The molecule has 10 heavy (non-hydrogen) atoms. The molecule has 0 fully saturated rings. The fraction of sp³-hybridized carbons (Fsp3) is 0.833. The average molecular weight is 158 g/mol. The van der Waals surface area contributed by atoms with E-state index in [4.69, 9.17) is 14.1 Å². The average Bonchev–Trinajstić information content (AvgIpc) is 1.98. The van der Waals surface area contributed by atoms with Crippen LogP contribution in [-0.4, -0.2) is 23.0 Å². The van der Waals surface area contributed by atoms with Gasteiger partial charge < -0.3 is 8.85 Å². The van der Waals surface area contributed by atoms with Crippen LogP contribution in [0.15, 0.2) is 0 Å². The Balaban J connectivity index is 3.32. The Morgan fingerprint density at radius 3 is 2.70 bits per heavy atom. The van der Waals surface area contributed by atoms with Gasteiger partial charge in [0.25, 0.3) is 0 Å². The zero-order valence-corrected chi connectivity index (χ0v) is 7.39. The van der Waals surface area contributed by atoms with Crippen molar-refractivity contribution in [2.24, 2.45) is 0 Å². The molecule has 0 amide bonds. The standard InChI is InChI=1S/C6H12NO2Si/c1-3-9-10(8-2)6-4-5-7/h3-4,6H2,1-2H3. The third-order valence-electron chi connectivity index (χ3n) is 0.974. The lowest BCUT2D eigenvalue weighted by Crippen LogP contribution is -2.20. The number of nitriles is 1. The van der Waals surface area contributed by atoms with E-state index in [0.717, 1.165) is 6.04 Å². The van der Waals surface area contributed by atoms with Crippen molar-refractivity contribution in [3.05, 3.63) is 0 Å². The molecule has 0 aliphatic carbocycles. The maximum absolute atomic E-state index is 8.23. The molecule has 0 aromatic carbocycles. The Bertz CT molecular complexity index is 113. The first-order chi connectivity index (χ1) is 4.85. The summed E-state index contributed by atoms with van der Waals surface area (Å²) in [5, 5.41) is 8.23. The lowest BCUT2D eigenvalue weighted by molar-refractivity contribution is 0.241. The molecule has 0 saturated carbocycles. The van der Waals surface area contributed by atoms with Gasteiger partial charge in [-0.15, -0.1) is 0 Å². The van der Waals surface area contributed by atoms with Crippen LogP contribution in [-0.2, 0) is 8.85 Å². The fourth-order valence-electron chi connectivity index (χ4n) is 0.552. The highest BCUT2D eigenvalue weighted by atomic mass is 28.3. The van der Waals surface area contributed by atoms with Gasteiger partial charge in [0.15, 0.2) is 0 Å². The first-order valence-electron chi connectivity index (χ1n) is 3.24. The zero-order valence-electron chi connectivity index (χ0n) is 6.39. The largest absolute Gasteiger partial charge is 0.397 e. The van der Waals surface area contributed by atoms with Crippen LogP contribution in [0.2, 0.25) is 6.04 Å². The fourth-order valence-corrected chi connectivity index (χ4v) is 1.66. The van der Waals surface area contributed by atoms with Crippen molar-refractivity contribution < 1.29 is 8.85 Å². The van der Waals surface area contributed by atoms with Crippen molar-refractivity contribution in [2.45, 2.75) is 19.4 Å². The van der Waals surface area contributed by atoms with Crippen LogP contribution < -0.4 is 0 Å². The highest BCUT2D eigenvalue weighted by Gasteiger charge is 2.11. The Morgan fingerprint density at radius 1 is 1.60 bits per heavy atom. The molecule has 0 heterocycles. The topological polar surface area (TPSA) is 42.2 Å². The van der Waals surface area contributed by atoms with Gasteiger partial charge in [0, 0.05) is 26.2 Å². The molecule has 0 N–H and O–H groups in total. The summed E-state index contributed by atoms with van der Waals surface area (Å²) in [6.07, 6.45) is 0.530. The molecule has 0 atom stereocenters. The Morgan fingerprint density at radius 2 is 2.30 bits per heavy atom. The van der Waals surface area contributed by atoms with Crippen molar-refractivity contribution in [2.75, 3.05) is 13.7 Å². The van der Waals surface area contributed by atoms with Crippen LogP contribution in [0, 0.1) is 11.3 Å². The van der Waals surface area contributed by atoms with Crippen molar-refractivity contribution >= 4 is 9.28 Å². The normalized spacial score (nSPS) is 9.80. The number of hydrogen-bond donors (Lipinski definition) is 0. The predicted octanol–water partition coefficient (Wildman–Crippen LogP) is 1.07. The maximum atomic E-state index is 8.23. The summed E-state index contributed by atoms with van der Waals surface area (Å²) < 4.78 is 10.2. The van der Waals surface area contributed by atoms with Crippen molar-refractivity contribution in [1.82, 2.24) is 0 Å². The molecule has 57 valence electrons. The first kappa shape index (κ1) is 9.63. The molecule has 0 aliphatic heterocycles. The van der Waals surface area contributed by atoms with Crippen LogP contribution in [0.25, 0.3) is 0 Å². The minimum atomic E-state index is -1.12. The van der Waals surface area contributed by atoms with E-state index in [1.807, 2.05) is 6.92 Å². The predicted molar refractivity (Wildman–Crippen MR) is 39.4 cm³/mol. The van der Waals surface area contributed by atoms with Gasteiger partial charge >= 0.3 is 9.28 Å². The van der Waals surface area contributed by atoms with Crippen molar-refractivity contribution in [1.29, 1.82) is 5.26 Å². The summed E-state index contributed by atoms with van der Waals surface area (Å²) in [5.74, 6) is 0. The molecular formula is C6H12NO2Si. The number of hydrogen-bond acceptors (Lipinski definition) is 3. The zero-order chi connectivity index (χ0) is 7.82. The second kappa shape index (κ2) is 6.74. The first-order valence-corrected chi connectivity index (χ1v) is 4.77. The van der Waals surface area contributed by atoms with E-state index in [1.54, 1.807) is 7.11 Å². The van der Waals surface area contributed by atoms with Crippen molar-refractivity contribution in [3.63, 3.8) is 0 Å². The minimum absolute atomic E-state index is 0.530. The Hall–Kier alpha value is -0.373. The molecule has 0 aliphatic rings. The third-order valence-corrected chi connectivity index (χ3v) is 2.70. The Kier molecular flexibility index (Phi) is 6.49. The SMILES string of the molecule is CCO[Si](CCC#N)OC. The van der Waals surface area contributed by atoms with E-state index in [-0.39, 0.29) is 0 Å². The molecule has 0 rings (SSSR count). The minimum Gasteiger partial charge on any atom is -0.397 e. The van der Waals surface area contributed by atoms with Crippen molar-refractivity contribution in [3.8, 4) is 6.07 Å². The van der Waals surface area contributed by atoms with Gasteiger partial charge in [0.2, 0.25) is 0 Å². The van der Waals surface area contributed by atoms with Gasteiger partial charge in [-0.3, -0.25) is 0 Å². The highest BCUT2D eigenvalue weighted by Crippen LogP contribution is 1.98. The molecule has 0 aromatic heterocycles. The monoisotopic (exact) mass is 158 g/mol. The van der Waals surface area contributed by atoms with Crippen LogP contribution >= 0.6 is 0 Å². The third kappa shape index (κ3) is 4.50. The van der Waals surface area contributed by atoms with E-state index in [9.17, 15) is 0 Å². The molecular weight excluding hydrogens is 146 g/mol. The van der Waals surface area contributed by atoms with E-state index in [1.165, 1.54) is 0 Å². The molecule has 0 saturated heterocycles. The van der Waals surface area contributed by atoms with Crippen LogP contribution in [0.1, 0.15) is 13.3 Å². The lowest BCUT2D eigenvalue weighted by Gasteiger charge is -2.07. The number of nitrogens with zero attached hydrogens (tertiary/aromatic N) is 1. The lowest BCUT2D eigenvalue weighted by atomic mass is 10.6. The van der Waals surface area contributed by atoms with Crippen LogP contribution in [0.4, 0.5) is 0 Å². The maximum Gasteiger partial charge on any atom is 0.385 e. The smallest absolute Gasteiger partial charge is 0.385 e. The highest BCUT2D eigenvalue weighted by molar-refractivity contribution is 6.44. The van der Waals surface area contributed by atoms with Gasteiger partial charge in [-0.2, -0.15) is 5.26 Å². The van der Waals surface area contributed by atoms with E-state index in [2.05, 4.69) is 6.07 Å². The molecule has 0 aromatic rings. The summed E-state index contributed by atoms with van der Waals surface area (Å²) in [7, 11) is 0.506. The van der Waals surface area contributed by atoms with E-state index >= 15 is 0 Å². The summed E-state index contributed by atoms with van der Waals surface area (Å²) >= 11 is 0. The number of rotatable bonds is 5. The second-order valence-electron chi connectivity index (χ2n) is 1.67. The molecule has 4 heteroatoms. The Labute approximate surface area is 63.4 Å². The van der Waals surface area contributed by atoms with Crippen LogP contribution in [0.5, 0.6) is 0 Å². The van der Waals surface area contributed by atoms with Gasteiger partial charge in [-0.05, 0) is 6.92 Å². The molecule has 0 spiro atoms. The van der Waals surface area contributed by atoms with Gasteiger partial charge in [-0.1, -0.05) is 0 Å². The second-order valence-corrected chi connectivity index (χ2v) is 3.61. The quantitative estimate of drug-likeness (QED) is 0.562. The van der Waals surface area contributed by atoms with Gasteiger partial charge in [-0.25, -0.2) is 0 Å². The van der Waals surface area contributed by atoms with Crippen LogP contribution in [0.3, 0.4) is 0 Å².